The monoisotopic (exact) mass is 286 g/mol. The number of rotatable bonds is 4. The first-order valence-corrected chi connectivity index (χ1v) is 7.91. The van der Waals surface area contributed by atoms with E-state index in [1.165, 1.54) is 6.07 Å². The van der Waals surface area contributed by atoms with Crippen molar-refractivity contribution in [2.45, 2.75) is 37.1 Å². The number of benzene rings is 1. The molecule has 0 heterocycles. The van der Waals surface area contributed by atoms with E-state index in [0.717, 1.165) is 19.3 Å². The van der Waals surface area contributed by atoms with Crippen LogP contribution in [0.4, 0.5) is 4.39 Å². The predicted octanol–water partition coefficient (Wildman–Crippen LogP) is 1.54. The first-order valence-electron chi connectivity index (χ1n) is 6.43. The first kappa shape index (κ1) is 14.4. The van der Waals surface area contributed by atoms with Crippen LogP contribution in [0.5, 0.6) is 0 Å². The van der Waals surface area contributed by atoms with Gasteiger partial charge in [0.15, 0.2) is 0 Å². The maximum atomic E-state index is 13.9. The Morgan fingerprint density at radius 3 is 2.84 bits per heavy atom. The predicted molar refractivity (Wildman–Crippen MR) is 71.6 cm³/mol. The van der Waals surface area contributed by atoms with Gasteiger partial charge in [0.2, 0.25) is 10.0 Å². The van der Waals surface area contributed by atoms with Gasteiger partial charge in [0.05, 0.1) is 0 Å². The smallest absolute Gasteiger partial charge is 0.243 e. The molecule has 1 aromatic rings. The van der Waals surface area contributed by atoms with E-state index < -0.39 is 15.8 Å². The van der Waals surface area contributed by atoms with E-state index >= 15 is 0 Å². The highest BCUT2D eigenvalue weighted by Crippen LogP contribution is 2.27. The topological polar surface area (TPSA) is 72.2 Å². The maximum Gasteiger partial charge on any atom is 0.243 e. The molecule has 0 amide bonds. The van der Waals surface area contributed by atoms with Crippen molar-refractivity contribution in [3.63, 3.8) is 0 Å². The Morgan fingerprint density at radius 1 is 1.42 bits per heavy atom. The van der Waals surface area contributed by atoms with E-state index in [-0.39, 0.29) is 16.9 Å². The molecule has 3 N–H and O–H groups in total. The summed E-state index contributed by atoms with van der Waals surface area (Å²) in [5, 5.41) is 0. The van der Waals surface area contributed by atoms with E-state index in [4.69, 9.17) is 5.73 Å². The van der Waals surface area contributed by atoms with Crippen molar-refractivity contribution in [1.82, 2.24) is 4.72 Å². The molecule has 2 unspecified atom stereocenters. The molecule has 1 aliphatic rings. The summed E-state index contributed by atoms with van der Waals surface area (Å²) in [6.45, 7) is 2.00. The zero-order valence-corrected chi connectivity index (χ0v) is 11.7. The van der Waals surface area contributed by atoms with Gasteiger partial charge in [0.1, 0.15) is 10.7 Å². The molecular formula is C13H19FN2O2S. The second-order valence-electron chi connectivity index (χ2n) is 5.04. The summed E-state index contributed by atoms with van der Waals surface area (Å²) in [6.07, 6.45) is 2.62. The Hall–Kier alpha value is -0.980. The van der Waals surface area contributed by atoms with Crippen molar-refractivity contribution in [2.24, 2.45) is 11.7 Å². The van der Waals surface area contributed by atoms with Crippen LogP contribution in [-0.2, 0) is 10.0 Å². The van der Waals surface area contributed by atoms with Gasteiger partial charge in [0, 0.05) is 6.04 Å². The summed E-state index contributed by atoms with van der Waals surface area (Å²) in [5.74, 6) is -0.542. The van der Waals surface area contributed by atoms with Crippen LogP contribution in [0.3, 0.4) is 0 Å². The molecule has 4 nitrogen and oxygen atoms in total. The Kier molecular flexibility index (Phi) is 4.23. The summed E-state index contributed by atoms with van der Waals surface area (Å²) >= 11 is 0. The molecule has 2 atom stereocenters. The van der Waals surface area contributed by atoms with E-state index in [0.29, 0.717) is 12.1 Å². The standard InChI is InChI=1S/C13H19FN2O2S/c1-9-4-2-7-12(13(9)14)19(17,18)16-11-6-3-5-10(11)8-15/h2,4,7,10-11,16H,3,5-6,8,15H2,1H3. The van der Waals surface area contributed by atoms with Crippen molar-refractivity contribution in [2.75, 3.05) is 6.54 Å². The molecule has 0 spiro atoms. The molecular weight excluding hydrogens is 267 g/mol. The Balaban J connectivity index is 2.25. The fourth-order valence-corrected chi connectivity index (χ4v) is 4.06. The molecule has 106 valence electrons. The minimum absolute atomic E-state index is 0.141. The van der Waals surface area contributed by atoms with E-state index in [9.17, 15) is 12.8 Å². The van der Waals surface area contributed by atoms with E-state index in [1.54, 1.807) is 19.1 Å². The highest BCUT2D eigenvalue weighted by atomic mass is 32.2. The molecule has 6 heteroatoms. The second kappa shape index (κ2) is 5.56. The second-order valence-corrected chi connectivity index (χ2v) is 6.72. The average molecular weight is 286 g/mol. The van der Waals surface area contributed by atoms with Gasteiger partial charge < -0.3 is 5.73 Å². The lowest BCUT2D eigenvalue weighted by molar-refractivity contribution is 0.451. The van der Waals surface area contributed by atoms with Crippen molar-refractivity contribution in [1.29, 1.82) is 0 Å². The molecule has 2 rings (SSSR count). The molecule has 0 saturated heterocycles. The highest BCUT2D eigenvalue weighted by molar-refractivity contribution is 7.89. The zero-order chi connectivity index (χ0) is 14.0. The third-order valence-corrected chi connectivity index (χ3v) is 5.22. The van der Waals surface area contributed by atoms with Gasteiger partial charge in [-0.25, -0.2) is 17.5 Å². The van der Waals surface area contributed by atoms with Crippen LogP contribution < -0.4 is 10.5 Å². The van der Waals surface area contributed by atoms with Crippen LogP contribution in [0.25, 0.3) is 0 Å². The summed E-state index contributed by atoms with van der Waals surface area (Å²) in [6, 6.07) is 4.20. The van der Waals surface area contributed by atoms with Crippen LogP contribution in [0.2, 0.25) is 0 Å². The Morgan fingerprint density at radius 2 is 2.16 bits per heavy atom. The van der Waals surface area contributed by atoms with Gasteiger partial charge in [-0.2, -0.15) is 0 Å². The van der Waals surface area contributed by atoms with Gasteiger partial charge in [-0.05, 0) is 43.9 Å². The minimum Gasteiger partial charge on any atom is -0.330 e. The van der Waals surface area contributed by atoms with Crippen LogP contribution in [0.15, 0.2) is 23.1 Å². The first-order chi connectivity index (χ1) is 8.95. The summed E-state index contributed by atoms with van der Waals surface area (Å²) < 4.78 is 41.0. The van der Waals surface area contributed by atoms with Gasteiger partial charge in [-0.1, -0.05) is 18.6 Å². The lowest BCUT2D eigenvalue weighted by Crippen LogP contribution is -2.40. The quantitative estimate of drug-likeness (QED) is 0.882. The zero-order valence-electron chi connectivity index (χ0n) is 10.9. The average Bonchev–Trinajstić information content (AvgIpc) is 2.78. The SMILES string of the molecule is Cc1cccc(S(=O)(=O)NC2CCCC2CN)c1F. The van der Waals surface area contributed by atoms with Gasteiger partial charge in [-0.3, -0.25) is 0 Å². The van der Waals surface area contributed by atoms with E-state index in [1.807, 2.05) is 0 Å². The van der Waals surface area contributed by atoms with Crippen LogP contribution in [0, 0.1) is 18.7 Å². The molecule has 1 aromatic carbocycles. The number of hydrogen-bond acceptors (Lipinski definition) is 3. The van der Waals surface area contributed by atoms with Gasteiger partial charge >= 0.3 is 0 Å². The number of halogens is 1. The lowest BCUT2D eigenvalue weighted by atomic mass is 10.1. The molecule has 1 saturated carbocycles. The number of sulfonamides is 1. The van der Waals surface area contributed by atoms with Gasteiger partial charge in [0.25, 0.3) is 0 Å². The van der Waals surface area contributed by atoms with Gasteiger partial charge in [-0.15, -0.1) is 0 Å². The number of nitrogens with two attached hydrogens (primary N) is 1. The number of hydrogen-bond donors (Lipinski definition) is 2. The third-order valence-electron chi connectivity index (χ3n) is 3.71. The normalized spacial score (nSPS) is 23.7. The van der Waals surface area contributed by atoms with Crippen molar-refractivity contribution >= 4 is 10.0 Å². The van der Waals surface area contributed by atoms with Crippen LogP contribution in [0.1, 0.15) is 24.8 Å². The highest BCUT2D eigenvalue weighted by Gasteiger charge is 2.31. The molecule has 0 bridgehead atoms. The summed E-state index contributed by atoms with van der Waals surface area (Å²) in [4.78, 5) is -0.282. The molecule has 1 aliphatic carbocycles. The fraction of sp³-hybridized carbons (Fsp3) is 0.538. The Labute approximate surface area is 113 Å². The Bertz CT molecular complexity index is 560. The molecule has 1 fully saturated rings. The van der Waals surface area contributed by atoms with Crippen molar-refractivity contribution < 1.29 is 12.8 Å². The number of aryl methyl sites for hydroxylation is 1. The van der Waals surface area contributed by atoms with E-state index in [2.05, 4.69) is 4.72 Å². The molecule has 0 aromatic heterocycles. The van der Waals surface area contributed by atoms with Crippen molar-refractivity contribution in [3.05, 3.63) is 29.6 Å². The minimum atomic E-state index is -3.82. The fourth-order valence-electron chi connectivity index (χ4n) is 2.56. The molecule has 19 heavy (non-hydrogen) atoms. The van der Waals surface area contributed by atoms with Crippen molar-refractivity contribution in [3.8, 4) is 0 Å². The third kappa shape index (κ3) is 2.96. The molecule has 0 radical (unpaired) electrons. The lowest BCUT2D eigenvalue weighted by Gasteiger charge is -2.19. The molecule has 0 aliphatic heterocycles. The van der Waals surface area contributed by atoms with Crippen LogP contribution in [-0.4, -0.2) is 21.0 Å². The maximum absolute atomic E-state index is 13.9. The largest absolute Gasteiger partial charge is 0.330 e. The summed E-state index contributed by atoms with van der Waals surface area (Å²) in [5.41, 5.74) is 5.95. The summed E-state index contributed by atoms with van der Waals surface area (Å²) in [7, 11) is -3.82. The van der Waals surface area contributed by atoms with Crippen LogP contribution >= 0.6 is 0 Å². The number of nitrogens with one attached hydrogen (secondary N) is 1.